The number of amides is 2. The van der Waals surface area contributed by atoms with Crippen LogP contribution in [0, 0.1) is 0 Å². The SMILES string of the molecule is Nc1nc2c(c(=O)[nH]1)N(C=O)C(CNc1ccc(C(=O)N[C@@H](CCC(=O)O)C3OC3O)cc1)CN2. The highest BCUT2D eigenvalue weighted by molar-refractivity contribution is 5.94. The Morgan fingerprint density at radius 1 is 1.34 bits per heavy atom. The summed E-state index contributed by atoms with van der Waals surface area (Å²) in [4.78, 5) is 55.1. The number of fused-ring (bicyclic) bond motifs is 1. The second-order valence-corrected chi connectivity index (χ2v) is 8.16. The van der Waals surface area contributed by atoms with Gasteiger partial charge in [-0.15, -0.1) is 0 Å². The first kappa shape index (κ1) is 24.0. The number of hydrogen-bond acceptors (Lipinski definition) is 10. The van der Waals surface area contributed by atoms with Crippen LogP contribution in [0.3, 0.4) is 0 Å². The lowest BCUT2D eigenvalue weighted by Crippen LogP contribution is -2.50. The van der Waals surface area contributed by atoms with Gasteiger partial charge in [-0.2, -0.15) is 4.98 Å². The van der Waals surface area contributed by atoms with Crippen LogP contribution < -0.4 is 32.1 Å². The minimum Gasteiger partial charge on any atom is -0.481 e. The molecule has 2 aromatic rings. The average molecular weight is 487 g/mol. The number of rotatable bonds is 10. The molecule has 186 valence electrons. The number of nitrogen functional groups attached to an aromatic ring is 1. The minimum atomic E-state index is -1.02. The number of H-pyrrole nitrogens is 1. The van der Waals surface area contributed by atoms with Crippen LogP contribution in [-0.4, -0.2) is 76.0 Å². The van der Waals surface area contributed by atoms with Gasteiger partial charge in [0.15, 0.2) is 17.8 Å². The largest absolute Gasteiger partial charge is 0.481 e. The summed E-state index contributed by atoms with van der Waals surface area (Å²) in [5.74, 6) is -1.26. The van der Waals surface area contributed by atoms with Crippen LogP contribution in [0.5, 0.6) is 0 Å². The number of carboxylic acid groups (broad SMARTS) is 1. The molecule has 0 spiro atoms. The first-order valence-corrected chi connectivity index (χ1v) is 10.8. The summed E-state index contributed by atoms with van der Waals surface area (Å²) in [6.07, 6.45) is -1.13. The maximum Gasteiger partial charge on any atom is 0.303 e. The molecule has 0 saturated carbocycles. The normalized spacial score (nSPS) is 21.3. The van der Waals surface area contributed by atoms with Gasteiger partial charge in [0.1, 0.15) is 6.10 Å². The molecule has 0 radical (unpaired) electrons. The number of aliphatic carboxylic acids is 1. The molecule has 1 saturated heterocycles. The van der Waals surface area contributed by atoms with Crippen molar-refractivity contribution in [2.45, 2.75) is 37.3 Å². The lowest BCUT2D eigenvalue weighted by molar-refractivity contribution is -0.137. The topological polar surface area (TPSA) is 215 Å². The highest BCUT2D eigenvalue weighted by Crippen LogP contribution is 2.26. The molecule has 0 aliphatic carbocycles. The van der Waals surface area contributed by atoms with Crippen LogP contribution in [0.15, 0.2) is 29.1 Å². The molecule has 1 aromatic heterocycles. The van der Waals surface area contributed by atoms with Gasteiger partial charge in [0.05, 0.1) is 12.1 Å². The molecule has 2 aliphatic heterocycles. The number of aliphatic hydroxyl groups is 1. The lowest BCUT2D eigenvalue weighted by Gasteiger charge is -2.34. The van der Waals surface area contributed by atoms with E-state index in [-0.39, 0.29) is 30.3 Å². The van der Waals surface area contributed by atoms with Gasteiger partial charge in [-0.25, -0.2) is 0 Å². The maximum absolute atomic E-state index is 12.6. The van der Waals surface area contributed by atoms with E-state index >= 15 is 0 Å². The van der Waals surface area contributed by atoms with Crippen molar-refractivity contribution in [1.29, 1.82) is 0 Å². The summed E-state index contributed by atoms with van der Waals surface area (Å²) in [6, 6.07) is 5.49. The Morgan fingerprint density at radius 3 is 2.69 bits per heavy atom. The summed E-state index contributed by atoms with van der Waals surface area (Å²) in [6.45, 7) is 0.636. The second-order valence-electron chi connectivity index (χ2n) is 8.16. The summed E-state index contributed by atoms with van der Waals surface area (Å²) in [7, 11) is 0. The van der Waals surface area contributed by atoms with Crippen molar-refractivity contribution in [3.63, 3.8) is 0 Å². The fraction of sp³-hybridized carbons (Fsp3) is 0.381. The van der Waals surface area contributed by atoms with Crippen molar-refractivity contribution in [2.75, 3.05) is 34.4 Å². The molecule has 1 fully saturated rings. The van der Waals surface area contributed by atoms with Crippen LogP contribution >= 0.6 is 0 Å². The predicted molar refractivity (Wildman–Crippen MR) is 124 cm³/mol. The minimum absolute atomic E-state index is 0.0538. The Kier molecular flexibility index (Phi) is 6.84. The van der Waals surface area contributed by atoms with Crippen LogP contribution in [0.25, 0.3) is 0 Å². The first-order valence-electron chi connectivity index (χ1n) is 10.8. The highest BCUT2D eigenvalue weighted by atomic mass is 16.7. The van der Waals surface area contributed by atoms with Gasteiger partial charge in [0, 0.05) is 30.8 Å². The third-order valence-corrected chi connectivity index (χ3v) is 5.76. The molecule has 3 heterocycles. The fourth-order valence-corrected chi connectivity index (χ4v) is 3.89. The Bertz CT molecular complexity index is 1170. The van der Waals surface area contributed by atoms with Gasteiger partial charge in [-0.1, -0.05) is 0 Å². The summed E-state index contributed by atoms with van der Waals surface area (Å²) in [5.41, 5.74) is 6.12. The van der Waals surface area contributed by atoms with E-state index in [2.05, 4.69) is 25.9 Å². The fourth-order valence-electron chi connectivity index (χ4n) is 3.89. The predicted octanol–water partition coefficient (Wildman–Crippen LogP) is -1.10. The number of carboxylic acids is 1. The molecule has 2 amide bonds. The van der Waals surface area contributed by atoms with E-state index in [4.69, 9.17) is 15.6 Å². The summed E-state index contributed by atoms with van der Waals surface area (Å²) in [5, 5.41) is 27.2. The highest BCUT2D eigenvalue weighted by Gasteiger charge is 2.44. The zero-order valence-electron chi connectivity index (χ0n) is 18.4. The number of ether oxygens (including phenoxy) is 1. The van der Waals surface area contributed by atoms with E-state index in [1.807, 2.05) is 0 Å². The molecule has 8 N–H and O–H groups in total. The summed E-state index contributed by atoms with van der Waals surface area (Å²) < 4.78 is 4.98. The molecular formula is C21H25N7O7. The molecule has 1 aromatic carbocycles. The van der Waals surface area contributed by atoms with Crippen LogP contribution in [0.4, 0.5) is 23.1 Å². The number of aromatic amines is 1. The Morgan fingerprint density at radius 2 is 2.06 bits per heavy atom. The Hall–Kier alpha value is -4.17. The van der Waals surface area contributed by atoms with Crippen molar-refractivity contribution in [3.05, 3.63) is 40.2 Å². The Labute approximate surface area is 198 Å². The molecular weight excluding hydrogens is 462 g/mol. The van der Waals surface area contributed by atoms with Crippen LogP contribution in [0.1, 0.15) is 23.2 Å². The molecule has 14 heteroatoms. The number of nitrogens with zero attached hydrogens (tertiary/aromatic N) is 2. The van der Waals surface area contributed by atoms with Crippen molar-refractivity contribution >= 4 is 41.4 Å². The number of epoxide rings is 1. The van der Waals surface area contributed by atoms with E-state index in [0.717, 1.165) is 0 Å². The molecule has 35 heavy (non-hydrogen) atoms. The van der Waals surface area contributed by atoms with Crippen molar-refractivity contribution in [3.8, 4) is 0 Å². The molecule has 2 aliphatic rings. The van der Waals surface area contributed by atoms with Crippen molar-refractivity contribution in [1.82, 2.24) is 15.3 Å². The van der Waals surface area contributed by atoms with E-state index in [9.17, 15) is 24.3 Å². The summed E-state index contributed by atoms with van der Waals surface area (Å²) >= 11 is 0. The third-order valence-electron chi connectivity index (χ3n) is 5.76. The number of carbonyl (C=O) groups is 3. The van der Waals surface area contributed by atoms with Gasteiger partial charge in [-0.05, 0) is 30.7 Å². The van der Waals surface area contributed by atoms with Gasteiger partial charge in [-0.3, -0.25) is 24.2 Å². The number of hydrogen-bond donors (Lipinski definition) is 7. The number of aliphatic hydroxyl groups excluding tert-OH is 1. The second kappa shape index (κ2) is 9.99. The lowest BCUT2D eigenvalue weighted by atomic mass is 10.1. The monoisotopic (exact) mass is 487 g/mol. The zero-order chi connectivity index (χ0) is 25.1. The van der Waals surface area contributed by atoms with Gasteiger partial charge < -0.3 is 41.5 Å². The number of anilines is 4. The van der Waals surface area contributed by atoms with E-state index in [1.54, 1.807) is 24.3 Å². The van der Waals surface area contributed by atoms with Gasteiger partial charge >= 0.3 is 5.97 Å². The molecule has 0 bridgehead atoms. The number of aromatic nitrogens is 2. The van der Waals surface area contributed by atoms with Gasteiger partial charge in [0.2, 0.25) is 12.4 Å². The van der Waals surface area contributed by atoms with Gasteiger partial charge in [0.25, 0.3) is 11.5 Å². The van der Waals surface area contributed by atoms with Crippen LogP contribution in [-0.2, 0) is 14.3 Å². The maximum atomic E-state index is 12.6. The van der Waals surface area contributed by atoms with E-state index in [1.165, 1.54) is 4.90 Å². The molecule has 3 unspecified atom stereocenters. The first-order chi connectivity index (χ1) is 16.8. The number of nitrogens with one attached hydrogen (secondary N) is 4. The number of nitrogens with two attached hydrogens (primary N) is 1. The average Bonchev–Trinajstić information content (AvgIpc) is 3.56. The van der Waals surface area contributed by atoms with E-state index in [0.29, 0.717) is 30.8 Å². The van der Waals surface area contributed by atoms with Crippen molar-refractivity contribution in [2.24, 2.45) is 0 Å². The van der Waals surface area contributed by atoms with Crippen LogP contribution in [0.2, 0.25) is 0 Å². The smallest absolute Gasteiger partial charge is 0.303 e. The molecule has 4 atom stereocenters. The quantitative estimate of drug-likeness (QED) is 0.158. The Balaban J connectivity index is 1.36. The molecule has 4 rings (SSSR count). The van der Waals surface area contributed by atoms with E-state index < -0.39 is 41.9 Å². The number of carbonyl (C=O) groups excluding carboxylic acids is 2. The number of benzene rings is 1. The van der Waals surface area contributed by atoms with Crippen molar-refractivity contribution < 1.29 is 29.3 Å². The zero-order valence-corrected chi connectivity index (χ0v) is 18.4. The molecule has 14 nitrogen and oxygen atoms in total. The standard InChI is InChI=1S/C21H25N7O7/c22-21-26-17-15(19(33)27-21)28(9-29)12(8-24-17)7-23-11-3-1-10(2-4-11)18(32)25-13(5-6-14(30)31)16-20(34)35-16/h1-4,9,12-13,16,20,23,34H,5-8H2,(H,25,32)(H,30,31)(H4,22,24,26,27,33)/t12?,13-,16?,20?/m0/s1. The third kappa shape index (κ3) is 5.50.